The fourth-order valence-electron chi connectivity index (χ4n) is 18.1. The molecule has 0 atom stereocenters. The van der Waals surface area contributed by atoms with E-state index in [1.165, 1.54) is 75.0 Å². The average molecular weight is 1770 g/mol. The highest BCUT2D eigenvalue weighted by Gasteiger charge is 2.36. The summed E-state index contributed by atoms with van der Waals surface area (Å²) in [5.74, 6) is 0.808. The zero-order chi connectivity index (χ0) is 86.3. The third-order valence-electron chi connectivity index (χ3n) is 23.8. The van der Waals surface area contributed by atoms with Crippen molar-refractivity contribution in [3.8, 4) is 67.7 Å². The van der Waals surface area contributed by atoms with E-state index in [4.69, 9.17) is 62.4 Å². The van der Waals surface area contributed by atoms with Crippen molar-refractivity contribution < 1.29 is 4.42 Å². The number of aromatic nitrogens is 12. The van der Waals surface area contributed by atoms with Crippen molar-refractivity contribution in [1.29, 1.82) is 0 Å². The first-order valence-electron chi connectivity index (χ1n) is 41.6. The molecule has 1 aliphatic carbocycles. The predicted molar refractivity (Wildman–Crippen MR) is 531 cm³/mol. The highest BCUT2D eigenvalue weighted by atomic mass is 35.5. The number of thiophene rings is 1. The molecule has 0 bridgehead atoms. The summed E-state index contributed by atoms with van der Waals surface area (Å²) >= 11 is 32.7. The molecule has 25 aromatic rings. The van der Waals surface area contributed by atoms with Gasteiger partial charge in [-0.2, -0.15) is 4.98 Å². The minimum absolute atomic E-state index is 0.0332. The van der Waals surface area contributed by atoms with Gasteiger partial charge in [-0.3, -0.25) is 4.57 Å². The molecular formula is C109H67Cl5N12OS. The van der Waals surface area contributed by atoms with Gasteiger partial charge in [-0.15, -0.1) is 11.3 Å². The van der Waals surface area contributed by atoms with Gasteiger partial charge in [0.1, 0.15) is 11.2 Å². The highest BCUT2D eigenvalue weighted by Crippen LogP contribution is 2.51. The summed E-state index contributed by atoms with van der Waals surface area (Å²) in [6.45, 7) is 4.57. The van der Waals surface area contributed by atoms with E-state index in [2.05, 4.69) is 279 Å². The summed E-state index contributed by atoms with van der Waals surface area (Å²) in [4.78, 5) is 44.3. The van der Waals surface area contributed by atoms with E-state index in [0.717, 1.165) is 144 Å². The number of benzene rings is 16. The van der Waals surface area contributed by atoms with Gasteiger partial charge < -0.3 is 8.98 Å². The van der Waals surface area contributed by atoms with Crippen LogP contribution in [-0.4, -0.2) is 59.0 Å². The molecule has 13 nitrogen and oxygen atoms in total. The number of fused-ring (bicyclic) bond motifs is 20. The molecule has 16 aromatic carbocycles. The second-order valence-electron chi connectivity index (χ2n) is 31.5. The van der Waals surface area contributed by atoms with Crippen LogP contribution in [0.5, 0.6) is 0 Å². The third-order valence-corrected chi connectivity index (χ3v) is 25.9. The Bertz CT molecular complexity index is 8440. The number of hydrogen-bond donors (Lipinski definition) is 0. The zero-order valence-electron chi connectivity index (χ0n) is 68.3. The van der Waals surface area contributed by atoms with Gasteiger partial charge in [0.2, 0.25) is 26.4 Å². The minimum atomic E-state index is -0.0332. The largest absolute Gasteiger partial charge is 0.455 e. The molecule has 9 heterocycles. The average Bonchev–Trinajstić information content (AvgIpc) is 1.60. The monoisotopic (exact) mass is 1770 g/mol. The Labute approximate surface area is 761 Å². The predicted octanol–water partition coefficient (Wildman–Crippen LogP) is 30.9. The van der Waals surface area contributed by atoms with Crippen molar-refractivity contribution in [2.45, 2.75) is 19.3 Å². The van der Waals surface area contributed by atoms with Crippen molar-refractivity contribution in [3.05, 3.63) is 408 Å². The lowest BCUT2D eigenvalue weighted by Crippen LogP contribution is -2.14. The molecule has 9 aromatic heterocycles. The normalized spacial score (nSPS) is 12.1. The fraction of sp³-hybridized carbons (Fsp3) is 0.0275. The summed E-state index contributed by atoms with van der Waals surface area (Å²) in [6, 6.07) is 126. The first-order valence-corrected chi connectivity index (χ1v) is 44.3. The van der Waals surface area contributed by atoms with Crippen LogP contribution in [0.3, 0.4) is 0 Å². The van der Waals surface area contributed by atoms with Crippen LogP contribution in [0.4, 0.5) is 0 Å². The fourth-order valence-corrected chi connectivity index (χ4v) is 20.2. The minimum Gasteiger partial charge on any atom is -0.455 e. The number of para-hydroxylation sites is 11. The Morgan fingerprint density at radius 3 is 1.16 bits per heavy atom. The Morgan fingerprint density at radius 1 is 0.258 bits per heavy atom. The topological polar surface area (TPSA) is 152 Å². The summed E-state index contributed by atoms with van der Waals surface area (Å²) in [6.07, 6.45) is 0. The maximum absolute atomic E-state index is 6.21. The lowest BCUT2D eigenvalue weighted by atomic mass is 9.82. The van der Waals surface area contributed by atoms with Crippen molar-refractivity contribution in [3.63, 3.8) is 0 Å². The van der Waals surface area contributed by atoms with Crippen molar-refractivity contribution in [1.82, 2.24) is 59.0 Å². The van der Waals surface area contributed by atoms with Gasteiger partial charge in [0.05, 0.1) is 72.4 Å². The van der Waals surface area contributed by atoms with E-state index >= 15 is 0 Å². The summed E-state index contributed by atoms with van der Waals surface area (Å²) in [5, 5.41) is 15.9. The van der Waals surface area contributed by atoms with E-state index in [9.17, 15) is 0 Å². The van der Waals surface area contributed by atoms with Gasteiger partial charge in [0, 0.05) is 113 Å². The molecule has 128 heavy (non-hydrogen) atoms. The molecule has 0 spiro atoms. The molecule has 0 unspecified atom stereocenters. The van der Waals surface area contributed by atoms with Crippen LogP contribution in [0.2, 0.25) is 26.4 Å². The number of halogens is 5. The van der Waals surface area contributed by atoms with Crippen LogP contribution in [0.15, 0.2) is 374 Å². The van der Waals surface area contributed by atoms with Gasteiger partial charge in [0.25, 0.3) is 0 Å². The Hall–Kier alpha value is -14.7. The Kier molecular flexibility index (Phi) is 20.4. The number of nitrogens with zero attached hydrogens (tertiary/aromatic N) is 12. The molecule has 0 saturated heterocycles. The van der Waals surface area contributed by atoms with Crippen molar-refractivity contribution >= 4 is 210 Å². The molecule has 0 radical (unpaired) electrons. The molecule has 1 aliphatic rings. The molecule has 0 aliphatic heterocycles. The molecule has 0 N–H and O–H groups in total. The van der Waals surface area contributed by atoms with Crippen LogP contribution < -0.4 is 0 Å². The number of hydrogen-bond acceptors (Lipinski definition) is 12. The molecule has 610 valence electrons. The van der Waals surface area contributed by atoms with E-state index < -0.39 is 0 Å². The van der Waals surface area contributed by atoms with E-state index in [0.29, 0.717) is 0 Å². The van der Waals surface area contributed by atoms with Crippen molar-refractivity contribution in [2.24, 2.45) is 0 Å². The molecule has 0 saturated carbocycles. The van der Waals surface area contributed by atoms with Crippen LogP contribution >= 0.6 is 69.3 Å². The Balaban J connectivity index is 0.0000000945. The van der Waals surface area contributed by atoms with Gasteiger partial charge in [-0.25, -0.2) is 44.9 Å². The molecule has 26 rings (SSSR count). The molecule has 0 fully saturated rings. The number of furan rings is 1. The SMILES string of the molecule is CC1(C)c2ccccc2-c2ccc(-c3nc(Cl)nc4ccccc34)cc21.Clc1nc(-c2ccc(-n3c4ccccc4c4ccccc43)cc2)c2ccccc2n1.Clc1nc(-c2cccc3c2oc2ccccc23)c2ccccc2n1.Clc1nc(-c2cccc3c2sc2ccccc23)c2ccccc2n1.Clc1nc(-n2c3ccccc3c3ccccc32)c2ccccc2n1. The van der Waals surface area contributed by atoms with Gasteiger partial charge >= 0.3 is 0 Å². The van der Waals surface area contributed by atoms with Gasteiger partial charge in [-0.1, -0.05) is 287 Å². The summed E-state index contributed by atoms with van der Waals surface area (Å²) < 4.78 is 13.1. The lowest BCUT2D eigenvalue weighted by molar-refractivity contribution is 0.660. The van der Waals surface area contributed by atoms with E-state index in [1.807, 2.05) is 164 Å². The second-order valence-corrected chi connectivity index (χ2v) is 34.3. The van der Waals surface area contributed by atoms with Crippen LogP contribution in [0, 0.1) is 0 Å². The summed E-state index contributed by atoms with van der Waals surface area (Å²) in [7, 11) is 0. The first kappa shape index (κ1) is 79.2. The molecular weight excluding hydrogens is 1700 g/mol. The maximum Gasteiger partial charge on any atom is 0.224 e. The van der Waals surface area contributed by atoms with E-state index in [-0.39, 0.29) is 31.8 Å². The maximum atomic E-state index is 6.21. The smallest absolute Gasteiger partial charge is 0.224 e. The number of rotatable bonds is 6. The molecule has 19 heteroatoms. The highest BCUT2D eigenvalue weighted by molar-refractivity contribution is 7.26. The quantitative estimate of drug-likeness (QED) is 0.146. The second kappa shape index (κ2) is 33.0. The lowest BCUT2D eigenvalue weighted by Gasteiger charge is -2.22. The van der Waals surface area contributed by atoms with E-state index in [1.54, 1.807) is 11.3 Å². The van der Waals surface area contributed by atoms with Crippen LogP contribution in [0.1, 0.15) is 25.0 Å². The zero-order valence-corrected chi connectivity index (χ0v) is 72.9. The standard InChI is InChI=1S/C26H16ClN3.C23H17ClN2.C20H12ClN3.C20H11ClN2O.C20H11ClN2S/c27-26-28-22-10-4-1-9-21(22)25(29-26)17-13-15-18(16-14-17)30-23-11-5-2-7-19(23)20-8-3-6-12-24(20)30;1-23(2)18-9-5-3-7-15(18)16-12-11-14(13-19(16)23)21-17-8-4-6-10-20(17)25-22(24)26-21;21-20-22-16-10-4-1-9-15(16)19(23-20)24-17-11-5-2-7-13(17)14-8-3-6-12-18(14)24;2*21-20-22-16-10-3-1-7-14(16)18(23-20)15-9-5-8-13-12-6-2-4-11-17(12)24-19(13)15/h1-16H;3-13H,1-2H3;1-12H;2*1-11H. The van der Waals surface area contributed by atoms with Crippen molar-refractivity contribution in [2.75, 3.05) is 0 Å². The first-order chi connectivity index (χ1) is 62.8. The van der Waals surface area contributed by atoms with Gasteiger partial charge in [-0.05, 0) is 177 Å². The Morgan fingerprint density at radius 2 is 0.617 bits per heavy atom. The summed E-state index contributed by atoms with van der Waals surface area (Å²) in [5.41, 5.74) is 24.5. The third kappa shape index (κ3) is 14.2. The van der Waals surface area contributed by atoms with Crippen LogP contribution in [-0.2, 0) is 5.41 Å². The van der Waals surface area contributed by atoms with Crippen LogP contribution in [0.25, 0.3) is 208 Å². The molecule has 0 amide bonds. The van der Waals surface area contributed by atoms with Gasteiger partial charge in [0.15, 0.2) is 5.82 Å².